The Balaban J connectivity index is 1.62. The number of anilines is 1. The summed E-state index contributed by atoms with van der Waals surface area (Å²) in [5.41, 5.74) is -0.691. The number of ether oxygens (including phenoxy) is 1. The third kappa shape index (κ3) is 5.68. The van der Waals surface area contributed by atoms with Crippen molar-refractivity contribution in [2.75, 3.05) is 31.6 Å². The van der Waals surface area contributed by atoms with Crippen LogP contribution in [0, 0.1) is 10.1 Å². The molecule has 0 unspecified atom stereocenters. The molecule has 2 N–H and O–H groups in total. The predicted octanol–water partition coefficient (Wildman–Crippen LogP) is 0.463. The fraction of sp³-hybridized carbons (Fsp3) is 0.412. The van der Waals surface area contributed by atoms with Crippen molar-refractivity contribution in [3.05, 3.63) is 61.3 Å². The molecule has 27 heavy (non-hydrogen) atoms. The highest BCUT2D eigenvalue weighted by Crippen LogP contribution is 2.17. The average Bonchev–Trinajstić information content (AvgIpc) is 2.66. The van der Waals surface area contributed by atoms with E-state index in [9.17, 15) is 19.7 Å². The molecule has 0 bridgehead atoms. The number of nitrogens with zero attached hydrogens (tertiary/aromatic N) is 3. The molecule has 0 saturated carbocycles. The highest BCUT2D eigenvalue weighted by atomic mass is 16.6. The number of rotatable bonds is 10. The van der Waals surface area contributed by atoms with Crippen molar-refractivity contribution >= 4 is 11.5 Å². The summed E-state index contributed by atoms with van der Waals surface area (Å²) in [4.78, 5) is 33.6. The lowest BCUT2D eigenvalue weighted by Crippen LogP contribution is -2.38. The molecule has 1 aromatic heterocycles. The maximum absolute atomic E-state index is 11.8. The third-order valence-corrected chi connectivity index (χ3v) is 3.95. The Bertz CT molecular complexity index is 888. The fourth-order valence-corrected chi connectivity index (χ4v) is 2.36. The van der Waals surface area contributed by atoms with Crippen LogP contribution in [0.25, 0.3) is 0 Å². The van der Waals surface area contributed by atoms with Crippen LogP contribution in [0.3, 0.4) is 0 Å². The molecule has 0 aliphatic carbocycles. The quantitative estimate of drug-likeness (QED) is 0.351. The van der Waals surface area contributed by atoms with Crippen LogP contribution in [0.5, 0.6) is 5.75 Å². The number of hydrogen-bond donors (Lipinski definition) is 2. The molecule has 10 heteroatoms. The van der Waals surface area contributed by atoms with Crippen LogP contribution in [-0.2, 0) is 14.1 Å². The number of nitrogens with one attached hydrogen (secondary N) is 2. The van der Waals surface area contributed by atoms with Crippen molar-refractivity contribution in [3.63, 3.8) is 0 Å². The highest BCUT2D eigenvalue weighted by Gasteiger charge is 2.05. The van der Waals surface area contributed by atoms with Crippen LogP contribution >= 0.6 is 0 Å². The van der Waals surface area contributed by atoms with Gasteiger partial charge in [0, 0.05) is 45.4 Å². The number of nitro benzene ring substituents is 1. The van der Waals surface area contributed by atoms with Gasteiger partial charge in [-0.1, -0.05) is 0 Å². The van der Waals surface area contributed by atoms with Crippen LogP contribution < -0.4 is 26.6 Å². The standard InChI is InChI=1S/C17H23N5O5/c1-20-15(12-16(23)21(2)17(20)24)19-10-9-18-8-3-11-27-14-6-4-13(5-7-14)22(25)26/h4-7,12,18-19H,3,8-11H2,1-2H3. The summed E-state index contributed by atoms with van der Waals surface area (Å²) in [7, 11) is 3.04. The summed E-state index contributed by atoms with van der Waals surface area (Å²) >= 11 is 0. The van der Waals surface area contributed by atoms with Gasteiger partial charge in [0.15, 0.2) is 0 Å². The Kier molecular flexibility index (Phi) is 7.12. The fourth-order valence-electron chi connectivity index (χ4n) is 2.36. The molecule has 0 amide bonds. The molecule has 10 nitrogen and oxygen atoms in total. The molecule has 1 heterocycles. The van der Waals surface area contributed by atoms with E-state index >= 15 is 0 Å². The molecule has 0 spiro atoms. The second-order valence-electron chi connectivity index (χ2n) is 5.90. The Morgan fingerprint density at radius 3 is 2.44 bits per heavy atom. The van der Waals surface area contributed by atoms with Gasteiger partial charge >= 0.3 is 5.69 Å². The molecule has 0 atom stereocenters. The zero-order chi connectivity index (χ0) is 19.8. The summed E-state index contributed by atoms with van der Waals surface area (Å²) < 4.78 is 7.95. The Hall–Kier alpha value is -3.14. The smallest absolute Gasteiger partial charge is 0.332 e. The predicted molar refractivity (Wildman–Crippen MR) is 101 cm³/mol. The molecular formula is C17H23N5O5. The maximum Gasteiger partial charge on any atom is 0.332 e. The van der Waals surface area contributed by atoms with Gasteiger partial charge in [0.2, 0.25) is 0 Å². The molecule has 0 aliphatic heterocycles. The monoisotopic (exact) mass is 377 g/mol. The lowest BCUT2D eigenvalue weighted by molar-refractivity contribution is -0.384. The van der Waals surface area contributed by atoms with Crippen molar-refractivity contribution in [1.82, 2.24) is 14.5 Å². The zero-order valence-corrected chi connectivity index (χ0v) is 15.3. The van der Waals surface area contributed by atoms with E-state index < -0.39 is 4.92 Å². The Morgan fingerprint density at radius 2 is 1.78 bits per heavy atom. The lowest BCUT2D eigenvalue weighted by atomic mass is 10.3. The average molecular weight is 377 g/mol. The lowest BCUT2D eigenvalue weighted by Gasteiger charge is -2.12. The minimum atomic E-state index is -0.451. The maximum atomic E-state index is 11.8. The number of hydrogen-bond acceptors (Lipinski definition) is 7. The number of benzene rings is 1. The van der Waals surface area contributed by atoms with Crippen molar-refractivity contribution in [2.45, 2.75) is 6.42 Å². The van der Waals surface area contributed by atoms with E-state index in [-0.39, 0.29) is 16.9 Å². The van der Waals surface area contributed by atoms with E-state index in [1.165, 1.54) is 29.8 Å². The molecule has 1 aromatic carbocycles. The van der Waals surface area contributed by atoms with E-state index in [1.54, 1.807) is 19.2 Å². The summed E-state index contributed by atoms with van der Waals surface area (Å²) in [6.45, 7) is 2.43. The second-order valence-corrected chi connectivity index (χ2v) is 5.90. The van der Waals surface area contributed by atoms with Crippen LogP contribution in [0.15, 0.2) is 39.9 Å². The van der Waals surface area contributed by atoms with E-state index in [0.29, 0.717) is 31.3 Å². The van der Waals surface area contributed by atoms with Crippen LogP contribution in [0.1, 0.15) is 6.42 Å². The molecule has 2 aromatic rings. The van der Waals surface area contributed by atoms with Crippen LogP contribution in [-0.4, -0.2) is 40.3 Å². The second kappa shape index (κ2) is 9.53. The van der Waals surface area contributed by atoms with Gasteiger partial charge < -0.3 is 15.4 Å². The van der Waals surface area contributed by atoms with E-state index in [2.05, 4.69) is 10.6 Å². The molecule has 0 saturated heterocycles. The van der Waals surface area contributed by atoms with Crippen LogP contribution in [0.4, 0.5) is 11.5 Å². The molecule has 146 valence electrons. The summed E-state index contributed by atoms with van der Waals surface area (Å²) in [6, 6.07) is 7.35. The minimum Gasteiger partial charge on any atom is -0.494 e. The SMILES string of the molecule is Cn1c(NCCNCCCOc2ccc([N+](=O)[O-])cc2)cc(=O)n(C)c1=O. The van der Waals surface area contributed by atoms with Gasteiger partial charge in [-0.25, -0.2) is 4.79 Å². The number of nitro groups is 1. The van der Waals surface area contributed by atoms with E-state index in [1.807, 2.05) is 0 Å². The number of non-ortho nitro benzene ring substituents is 1. The third-order valence-electron chi connectivity index (χ3n) is 3.95. The highest BCUT2D eigenvalue weighted by molar-refractivity contribution is 5.36. The first kappa shape index (κ1) is 20.2. The summed E-state index contributed by atoms with van der Waals surface area (Å²) in [5.74, 6) is 1.07. The molecular weight excluding hydrogens is 354 g/mol. The van der Waals surface area contributed by atoms with Crippen molar-refractivity contribution in [3.8, 4) is 5.75 Å². The van der Waals surface area contributed by atoms with E-state index in [4.69, 9.17) is 4.74 Å². The summed E-state index contributed by atoms with van der Waals surface area (Å²) in [5, 5.41) is 16.9. The topological polar surface area (TPSA) is 120 Å². The van der Waals surface area contributed by atoms with Gasteiger partial charge in [0.1, 0.15) is 11.6 Å². The van der Waals surface area contributed by atoms with Gasteiger partial charge in [-0.3, -0.25) is 24.0 Å². The summed E-state index contributed by atoms with van der Waals surface area (Å²) in [6.07, 6.45) is 0.765. The van der Waals surface area contributed by atoms with Crippen molar-refractivity contribution < 1.29 is 9.66 Å². The van der Waals surface area contributed by atoms with Gasteiger partial charge in [-0.15, -0.1) is 0 Å². The van der Waals surface area contributed by atoms with Gasteiger partial charge in [-0.2, -0.15) is 0 Å². The van der Waals surface area contributed by atoms with Gasteiger partial charge in [-0.05, 0) is 25.1 Å². The molecule has 2 rings (SSSR count). The normalized spacial score (nSPS) is 10.6. The van der Waals surface area contributed by atoms with Crippen molar-refractivity contribution in [1.29, 1.82) is 0 Å². The zero-order valence-electron chi connectivity index (χ0n) is 15.3. The van der Waals surface area contributed by atoms with Gasteiger partial charge in [0.25, 0.3) is 11.2 Å². The van der Waals surface area contributed by atoms with Crippen LogP contribution in [0.2, 0.25) is 0 Å². The largest absolute Gasteiger partial charge is 0.494 e. The Labute approximate surface area is 155 Å². The molecule has 0 radical (unpaired) electrons. The molecule has 0 fully saturated rings. The minimum absolute atomic E-state index is 0.0327. The first-order valence-corrected chi connectivity index (χ1v) is 8.49. The first-order chi connectivity index (χ1) is 12.9. The van der Waals surface area contributed by atoms with E-state index in [0.717, 1.165) is 17.5 Å². The Morgan fingerprint density at radius 1 is 1.07 bits per heavy atom. The van der Waals surface area contributed by atoms with Crippen molar-refractivity contribution in [2.24, 2.45) is 14.1 Å². The van der Waals surface area contributed by atoms with Gasteiger partial charge in [0.05, 0.1) is 11.5 Å². The molecule has 0 aliphatic rings. The number of aromatic nitrogens is 2. The first-order valence-electron chi connectivity index (χ1n) is 8.49.